The number of carbonyl (C=O) groups excluding carboxylic acids is 2. The number of amides is 2. The summed E-state index contributed by atoms with van der Waals surface area (Å²) in [5.74, 6) is -0.443. The van der Waals surface area contributed by atoms with E-state index in [2.05, 4.69) is 22.3 Å². The maximum Gasteiger partial charge on any atom is 0.259 e. The number of hydrogen-bond donors (Lipinski definition) is 1. The van der Waals surface area contributed by atoms with Gasteiger partial charge in [0.15, 0.2) is 0 Å². The van der Waals surface area contributed by atoms with Crippen LogP contribution in [0.25, 0.3) is 10.8 Å². The lowest BCUT2D eigenvalue weighted by atomic mass is 10.1. The first-order chi connectivity index (χ1) is 15.5. The standard InChI is InChI=1S/C25H28N4O3/c1-19-15-21-9-5-6-10-22(21)25(32)29(19)18-23(30)26-16-24(31)28-13-11-27(12-14-28)17-20-7-3-2-4-8-20/h2-10,15H,11-14,16-18H2,1H3,(H,26,30). The molecule has 32 heavy (non-hydrogen) atoms. The van der Waals surface area contributed by atoms with Gasteiger partial charge in [0, 0.05) is 43.8 Å². The predicted molar refractivity (Wildman–Crippen MR) is 124 cm³/mol. The molecular weight excluding hydrogens is 404 g/mol. The van der Waals surface area contributed by atoms with Crippen LogP contribution in [0.1, 0.15) is 11.3 Å². The number of benzene rings is 2. The average Bonchev–Trinajstić information content (AvgIpc) is 2.81. The number of piperazine rings is 1. The molecule has 0 spiro atoms. The molecule has 0 saturated carbocycles. The van der Waals surface area contributed by atoms with Crippen LogP contribution in [0.3, 0.4) is 0 Å². The van der Waals surface area contributed by atoms with E-state index in [1.54, 1.807) is 17.9 Å². The fraction of sp³-hybridized carbons (Fsp3) is 0.320. The first-order valence-corrected chi connectivity index (χ1v) is 10.9. The molecule has 1 N–H and O–H groups in total. The third kappa shape index (κ3) is 5.06. The van der Waals surface area contributed by atoms with Crippen LogP contribution in [0.15, 0.2) is 65.5 Å². The Bertz CT molecular complexity index is 1160. The van der Waals surface area contributed by atoms with Gasteiger partial charge in [-0.05, 0) is 30.0 Å². The van der Waals surface area contributed by atoms with E-state index in [0.29, 0.717) is 24.2 Å². The number of fused-ring (bicyclic) bond motifs is 1. The summed E-state index contributed by atoms with van der Waals surface area (Å²) < 4.78 is 1.45. The molecule has 166 valence electrons. The first kappa shape index (κ1) is 21.8. The highest BCUT2D eigenvalue weighted by Gasteiger charge is 2.21. The Morgan fingerprint density at radius 3 is 2.38 bits per heavy atom. The van der Waals surface area contributed by atoms with Gasteiger partial charge < -0.3 is 14.8 Å². The van der Waals surface area contributed by atoms with Crippen molar-refractivity contribution in [1.82, 2.24) is 19.7 Å². The molecule has 0 radical (unpaired) electrons. The van der Waals surface area contributed by atoms with Crippen molar-refractivity contribution >= 4 is 22.6 Å². The Morgan fingerprint density at radius 1 is 0.938 bits per heavy atom. The summed E-state index contributed by atoms with van der Waals surface area (Å²) in [6, 6.07) is 19.5. The molecule has 0 unspecified atom stereocenters. The highest BCUT2D eigenvalue weighted by Crippen LogP contribution is 2.11. The third-order valence-electron chi connectivity index (χ3n) is 5.94. The van der Waals surface area contributed by atoms with Crippen LogP contribution in [0.4, 0.5) is 0 Å². The zero-order valence-corrected chi connectivity index (χ0v) is 18.3. The van der Waals surface area contributed by atoms with E-state index in [1.807, 2.05) is 42.5 Å². The smallest absolute Gasteiger partial charge is 0.259 e. The summed E-state index contributed by atoms with van der Waals surface area (Å²) >= 11 is 0. The van der Waals surface area contributed by atoms with Gasteiger partial charge in [-0.3, -0.25) is 19.3 Å². The Balaban J connectivity index is 1.27. The normalized spacial score (nSPS) is 14.5. The van der Waals surface area contributed by atoms with Crippen molar-refractivity contribution in [3.63, 3.8) is 0 Å². The number of hydrogen-bond acceptors (Lipinski definition) is 4. The molecule has 2 aromatic carbocycles. The summed E-state index contributed by atoms with van der Waals surface area (Å²) in [4.78, 5) is 41.8. The Labute approximate surface area is 187 Å². The SMILES string of the molecule is Cc1cc2ccccc2c(=O)n1CC(=O)NCC(=O)N1CCN(Cc2ccccc2)CC1. The molecule has 7 heteroatoms. The molecule has 3 aromatic rings. The molecular formula is C25H28N4O3. The number of pyridine rings is 1. The minimum Gasteiger partial charge on any atom is -0.345 e. The van der Waals surface area contributed by atoms with Crippen molar-refractivity contribution in [2.45, 2.75) is 20.0 Å². The molecule has 1 aromatic heterocycles. The lowest BCUT2D eigenvalue weighted by Crippen LogP contribution is -2.51. The maximum atomic E-state index is 12.7. The molecule has 2 heterocycles. The van der Waals surface area contributed by atoms with Crippen LogP contribution in [0, 0.1) is 6.92 Å². The fourth-order valence-electron chi connectivity index (χ4n) is 4.11. The highest BCUT2D eigenvalue weighted by molar-refractivity contribution is 5.85. The summed E-state index contributed by atoms with van der Waals surface area (Å²) in [6.07, 6.45) is 0. The number of rotatable bonds is 6. The minimum atomic E-state index is -0.346. The summed E-state index contributed by atoms with van der Waals surface area (Å²) in [5.41, 5.74) is 1.78. The third-order valence-corrected chi connectivity index (χ3v) is 5.94. The van der Waals surface area contributed by atoms with Crippen LogP contribution in [0.2, 0.25) is 0 Å². The summed E-state index contributed by atoms with van der Waals surface area (Å²) in [7, 11) is 0. The zero-order valence-electron chi connectivity index (χ0n) is 18.3. The molecule has 1 saturated heterocycles. The Kier molecular flexibility index (Phi) is 6.66. The van der Waals surface area contributed by atoms with E-state index in [4.69, 9.17) is 0 Å². The van der Waals surface area contributed by atoms with Gasteiger partial charge in [0.25, 0.3) is 5.56 Å². The lowest BCUT2D eigenvalue weighted by molar-refractivity contribution is -0.134. The van der Waals surface area contributed by atoms with Crippen LogP contribution < -0.4 is 10.9 Å². The van der Waals surface area contributed by atoms with Crippen molar-refractivity contribution in [3.05, 3.63) is 82.3 Å². The van der Waals surface area contributed by atoms with E-state index in [0.717, 1.165) is 25.0 Å². The van der Waals surface area contributed by atoms with E-state index in [1.165, 1.54) is 10.1 Å². The Hall–Kier alpha value is -3.45. The summed E-state index contributed by atoms with van der Waals surface area (Å²) in [6.45, 7) is 5.42. The van der Waals surface area contributed by atoms with Gasteiger partial charge >= 0.3 is 0 Å². The van der Waals surface area contributed by atoms with E-state index < -0.39 is 0 Å². The van der Waals surface area contributed by atoms with Crippen molar-refractivity contribution in [2.75, 3.05) is 32.7 Å². The van der Waals surface area contributed by atoms with Gasteiger partial charge in [0.2, 0.25) is 11.8 Å². The molecule has 0 aliphatic carbocycles. The van der Waals surface area contributed by atoms with Crippen molar-refractivity contribution in [3.8, 4) is 0 Å². The van der Waals surface area contributed by atoms with E-state index in [-0.39, 0.29) is 30.5 Å². The van der Waals surface area contributed by atoms with Crippen LogP contribution in [-0.4, -0.2) is 58.9 Å². The van der Waals surface area contributed by atoms with Gasteiger partial charge in [-0.15, -0.1) is 0 Å². The highest BCUT2D eigenvalue weighted by atomic mass is 16.2. The first-order valence-electron chi connectivity index (χ1n) is 10.9. The lowest BCUT2D eigenvalue weighted by Gasteiger charge is -2.34. The predicted octanol–water partition coefficient (Wildman–Crippen LogP) is 1.77. The number of carbonyl (C=O) groups is 2. The number of aromatic nitrogens is 1. The van der Waals surface area contributed by atoms with Gasteiger partial charge in [-0.1, -0.05) is 48.5 Å². The maximum absolute atomic E-state index is 12.7. The fourth-order valence-corrected chi connectivity index (χ4v) is 4.11. The van der Waals surface area contributed by atoms with Gasteiger partial charge in [0.05, 0.1) is 6.54 Å². The van der Waals surface area contributed by atoms with Crippen LogP contribution in [0.5, 0.6) is 0 Å². The minimum absolute atomic E-state index is 0.0566. The Morgan fingerprint density at radius 2 is 1.62 bits per heavy atom. The van der Waals surface area contributed by atoms with E-state index >= 15 is 0 Å². The molecule has 7 nitrogen and oxygen atoms in total. The second-order valence-electron chi connectivity index (χ2n) is 8.18. The van der Waals surface area contributed by atoms with Crippen molar-refractivity contribution in [2.24, 2.45) is 0 Å². The van der Waals surface area contributed by atoms with Gasteiger partial charge in [0.1, 0.15) is 6.54 Å². The molecule has 0 bridgehead atoms. The molecule has 2 amide bonds. The van der Waals surface area contributed by atoms with Crippen LogP contribution >= 0.6 is 0 Å². The van der Waals surface area contributed by atoms with Crippen molar-refractivity contribution < 1.29 is 9.59 Å². The number of aryl methyl sites for hydroxylation is 1. The molecule has 1 aliphatic heterocycles. The largest absolute Gasteiger partial charge is 0.345 e. The van der Waals surface area contributed by atoms with Gasteiger partial charge in [-0.25, -0.2) is 0 Å². The molecule has 4 rings (SSSR count). The van der Waals surface area contributed by atoms with E-state index in [9.17, 15) is 14.4 Å². The summed E-state index contributed by atoms with van der Waals surface area (Å²) in [5, 5.41) is 4.11. The number of nitrogens with zero attached hydrogens (tertiary/aromatic N) is 3. The second-order valence-corrected chi connectivity index (χ2v) is 8.18. The topological polar surface area (TPSA) is 74.6 Å². The van der Waals surface area contributed by atoms with Gasteiger partial charge in [-0.2, -0.15) is 0 Å². The molecule has 1 aliphatic rings. The number of nitrogens with one attached hydrogen (secondary N) is 1. The molecule has 1 fully saturated rings. The van der Waals surface area contributed by atoms with Crippen LogP contribution in [-0.2, 0) is 22.7 Å². The second kappa shape index (κ2) is 9.78. The quantitative estimate of drug-likeness (QED) is 0.644. The molecule has 0 atom stereocenters. The van der Waals surface area contributed by atoms with Crippen molar-refractivity contribution in [1.29, 1.82) is 0 Å². The monoisotopic (exact) mass is 432 g/mol. The zero-order chi connectivity index (χ0) is 22.5. The average molecular weight is 433 g/mol.